The first-order chi connectivity index (χ1) is 9.74. The maximum absolute atomic E-state index is 4.50. The molecule has 2 heterocycles. The molecule has 1 aliphatic heterocycles. The van der Waals surface area contributed by atoms with Crippen LogP contribution in [0, 0.1) is 13.8 Å². The third kappa shape index (κ3) is 2.70. The number of aryl methyl sites for hydroxylation is 2. The van der Waals surface area contributed by atoms with Gasteiger partial charge in [-0.3, -0.25) is 5.10 Å². The molecule has 1 aromatic heterocycles. The molecule has 4 heteroatoms. The Bertz CT molecular complexity index is 580. The zero-order valence-electron chi connectivity index (χ0n) is 12.2. The Morgan fingerprint density at radius 3 is 2.90 bits per heavy atom. The molecule has 0 unspecified atom stereocenters. The monoisotopic (exact) mass is 270 g/mol. The van der Waals surface area contributed by atoms with Crippen molar-refractivity contribution in [2.75, 3.05) is 31.1 Å². The van der Waals surface area contributed by atoms with Crippen molar-refractivity contribution < 1.29 is 0 Å². The van der Waals surface area contributed by atoms with Gasteiger partial charge >= 0.3 is 0 Å². The van der Waals surface area contributed by atoms with E-state index >= 15 is 0 Å². The Kier molecular flexibility index (Phi) is 3.74. The summed E-state index contributed by atoms with van der Waals surface area (Å²) in [5, 5.41) is 11.1. The molecule has 0 atom stereocenters. The van der Waals surface area contributed by atoms with Crippen LogP contribution < -0.4 is 10.2 Å². The molecule has 0 spiro atoms. The number of benzene rings is 1. The molecule has 2 N–H and O–H groups in total. The SMILES string of the molecule is Cc1ccc(C)c(-c2cc(N3CCCNCC3)n[nH]2)c1. The zero-order chi connectivity index (χ0) is 13.9. The lowest BCUT2D eigenvalue weighted by Gasteiger charge is -2.18. The van der Waals surface area contributed by atoms with E-state index in [0.717, 1.165) is 37.7 Å². The van der Waals surface area contributed by atoms with Gasteiger partial charge in [-0.2, -0.15) is 5.10 Å². The number of hydrogen-bond donors (Lipinski definition) is 2. The first kappa shape index (κ1) is 13.2. The topological polar surface area (TPSA) is 44.0 Å². The molecule has 1 saturated heterocycles. The fraction of sp³-hybridized carbons (Fsp3) is 0.438. The third-order valence-corrected chi connectivity index (χ3v) is 3.91. The van der Waals surface area contributed by atoms with Crippen molar-refractivity contribution in [3.8, 4) is 11.3 Å². The van der Waals surface area contributed by atoms with E-state index in [1.54, 1.807) is 0 Å². The van der Waals surface area contributed by atoms with Crippen LogP contribution in [0.25, 0.3) is 11.3 Å². The van der Waals surface area contributed by atoms with Crippen LogP contribution in [-0.2, 0) is 0 Å². The van der Waals surface area contributed by atoms with Crippen molar-refractivity contribution in [2.45, 2.75) is 20.3 Å². The van der Waals surface area contributed by atoms with Crippen LogP contribution in [-0.4, -0.2) is 36.4 Å². The molecule has 20 heavy (non-hydrogen) atoms. The van der Waals surface area contributed by atoms with Gasteiger partial charge in [-0.15, -0.1) is 0 Å². The summed E-state index contributed by atoms with van der Waals surface area (Å²) in [6.45, 7) is 8.50. The van der Waals surface area contributed by atoms with Gasteiger partial charge in [0.15, 0.2) is 5.82 Å². The van der Waals surface area contributed by atoms with Crippen molar-refractivity contribution >= 4 is 5.82 Å². The summed E-state index contributed by atoms with van der Waals surface area (Å²) >= 11 is 0. The lowest BCUT2D eigenvalue weighted by molar-refractivity contribution is 0.724. The van der Waals surface area contributed by atoms with Gasteiger partial charge < -0.3 is 10.2 Å². The third-order valence-electron chi connectivity index (χ3n) is 3.91. The molecule has 3 rings (SSSR count). The van der Waals surface area contributed by atoms with E-state index in [4.69, 9.17) is 0 Å². The number of anilines is 1. The average Bonchev–Trinajstić information content (AvgIpc) is 2.77. The van der Waals surface area contributed by atoms with Crippen molar-refractivity contribution in [1.29, 1.82) is 0 Å². The quantitative estimate of drug-likeness (QED) is 0.881. The number of nitrogens with one attached hydrogen (secondary N) is 2. The van der Waals surface area contributed by atoms with Crippen LogP contribution in [0.1, 0.15) is 17.5 Å². The molecule has 106 valence electrons. The highest BCUT2D eigenvalue weighted by Crippen LogP contribution is 2.26. The molecule has 1 aromatic carbocycles. The van der Waals surface area contributed by atoms with E-state index in [9.17, 15) is 0 Å². The summed E-state index contributed by atoms with van der Waals surface area (Å²) in [6, 6.07) is 8.71. The lowest BCUT2D eigenvalue weighted by Crippen LogP contribution is -2.28. The Labute approximate surface area is 120 Å². The minimum Gasteiger partial charge on any atom is -0.354 e. The highest BCUT2D eigenvalue weighted by Gasteiger charge is 2.14. The van der Waals surface area contributed by atoms with Crippen LogP contribution in [0.5, 0.6) is 0 Å². The Hall–Kier alpha value is -1.81. The Balaban J connectivity index is 1.87. The molecular weight excluding hydrogens is 248 g/mol. The summed E-state index contributed by atoms with van der Waals surface area (Å²) in [7, 11) is 0. The maximum Gasteiger partial charge on any atom is 0.151 e. The molecular formula is C16H22N4. The minimum atomic E-state index is 1.02. The summed E-state index contributed by atoms with van der Waals surface area (Å²) < 4.78 is 0. The summed E-state index contributed by atoms with van der Waals surface area (Å²) in [5.74, 6) is 1.06. The predicted octanol–water partition coefficient (Wildman–Crippen LogP) is 2.49. The summed E-state index contributed by atoms with van der Waals surface area (Å²) in [5.41, 5.74) is 4.92. The van der Waals surface area contributed by atoms with Crippen LogP contribution in [0.3, 0.4) is 0 Å². The molecule has 0 radical (unpaired) electrons. The molecule has 0 bridgehead atoms. The average molecular weight is 270 g/mol. The molecule has 1 aliphatic rings. The van der Waals surface area contributed by atoms with Crippen LogP contribution in [0.15, 0.2) is 24.3 Å². The molecule has 0 amide bonds. The van der Waals surface area contributed by atoms with Crippen molar-refractivity contribution in [3.63, 3.8) is 0 Å². The Morgan fingerprint density at radius 1 is 1.10 bits per heavy atom. The minimum absolute atomic E-state index is 1.02. The van der Waals surface area contributed by atoms with E-state index in [2.05, 4.69) is 58.5 Å². The largest absolute Gasteiger partial charge is 0.354 e. The number of rotatable bonds is 2. The van der Waals surface area contributed by atoms with E-state index in [1.807, 2.05) is 0 Å². The van der Waals surface area contributed by atoms with Crippen molar-refractivity contribution in [1.82, 2.24) is 15.5 Å². The fourth-order valence-corrected chi connectivity index (χ4v) is 2.71. The van der Waals surface area contributed by atoms with Crippen LogP contribution >= 0.6 is 0 Å². The highest BCUT2D eigenvalue weighted by molar-refractivity contribution is 5.67. The van der Waals surface area contributed by atoms with Gasteiger partial charge in [0.2, 0.25) is 0 Å². The Morgan fingerprint density at radius 2 is 2.00 bits per heavy atom. The van der Waals surface area contributed by atoms with Crippen LogP contribution in [0.2, 0.25) is 0 Å². The van der Waals surface area contributed by atoms with Gasteiger partial charge in [0.05, 0.1) is 5.69 Å². The fourth-order valence-electron chi connectivity index (χ4n) is 2.71. The van der Waals surface area contributed by atoms with Gasteiger partial charge in [0, 0.05) is 31.3 Å². The standard InChI is InChI=1S/C16H22N4/c1-12-4-5-13(2)14(10-12)15-11-16(19-18-15)20-8-3-6-17-7-9-20/h4-5,10-11,17H,3,6-9H2,1-2H3,(H,18,19). The van der Waals surface area contributed by atoms with Gasteiger partial charge in [0.1, 0.15) is 0 Å². The van der Waals surface area contributed by atoms with Gasteiger partial charge in [0.25, 0.3) is 0 Å². The number of hydrogen-bond acceptors (Lipinski definition) is 3. The zero-order valence-corrected chi connectivity index (χ0v) is 12.2. The van der Waals surface area contributed by atoms with E-state index in [1.165, 1.54) is 23.1 Å². The van der Waals surface area contributed by atoms with Crippen LogP contribution in [0.4, 0.5) is 5.82 Å². The first-order valence-electron chi connectivity index (χ1n) is 7.33. The van der Waals surface area contributed by atoms with Crippen molar-refractivity contribution in [3.05, 3.63) is 35.4 Å². The van der Waals surface area contributed by atoms with E-state index in [-0.39, 0.29) is 0 Å². The maximum atomic E-state index is 4.50. The number of nitrogens with zero attached hydrogens (tertiary/aromatic N) is 2. The second-order valence-corrected chi connectivity index (χ2v) is 5.55. The molecule has 4 nitrogen and oxygen atoms in total. The second-order valence-electron chi connectivity index (χ2n) is 5.55. The molecule has 0 saturated carbocycles. The summed E-state index contributed by atoms with van der Waals surface area (Å²) in [6.07, 6.45) is 1.17. The second kappa shape index (κ2) is 5.67. The lowest BCUT2D eigenvalue weighted by atomic mass is 10.0. The van der Waals surface area contributed by atoms with E-state index in [0.29, 0.717) is 0 Å². The summed E-state index contributed by atoms with van der Waals surface area (Å²) in [4.78, 5) is 2.35. The van der Waals surface area contributed by atoms with E-state index < -0.39 is 0 Å². The van der Waals surface area contributed by atoms with Crippen molar-refractivity contribution in [2.24, 2.45) is 0 Å². The van der Waals surface area contributed by atoms with Gasteiger partial charge in [-0.05, 0) is 38.4 Å². The van der Waals surface area contributed by atoms with Gasteiger partial charge in [-0.1, -0.05) is 17.7 Å². The normalized spacial score (nSPS) is 16.2. The number of aromatic nitrogens is 2. The smallest absolute Gasteiger partial charge is 0.151 e. The molecule has 1 fully saturated rings. The molecule has 0 aliphatic carbocycles. The number of aromatic amines is 1. The predicted molar refractivity (Wildman–Crippen MR) is 83.2 cm³/mol. The molecule has 2 aromatic rings. The first-order valence-corrected chi connectivity index (χ1v) is 7.33. The highest BCUT2D eigenvalue weighted by atomic mass is 15.3. The van der Waals surface area contributed by atoms with Gasteiger partial charge in [-0.25, -0.2) is 0 Å². The number of H-pyrrole nitrogens is 1.